The fourth-order valence-electron chi connectivity index (χ4n) is 3.27. The van der Waals surface area contributed by atoms with Gasteiger partial charge < -0.3 is 10.2 Å². The summed E-state index contributed by atoms with van der Waals surface area (Å²) < 4.78 is 24.7. The second kappa shape index (κ2) is 9.20. The molecule has 0 bridgehead atoms. The Hall–Kier alpha value is -1.60. The molecule has 1 amide bonds. The monoisotopic (exact) mass is 367 g/mol. The Morgan fingerprint density at radius 1 is 1.16 bits per heavy atom. The maximum absolute atomic E-state index is 12.1. The minimum absolute atomic E-state index is 0.142. The van der Waals surface area contributed by atoms with Crippen LogP contribution < -0.4 is 10.0 Å². The zero-order chi connectivity index (χ0) is 18.3. The zero-order valence-electron chi connectivity index (χ0n) is 15.1. The summed E-state index contributed by atoms with van der Waals surface area (Å²) in [7, 11) is -1.20. The van der Waals surface area contributed by atoms with Gasteiger partial charge in [0.25, 0.3) is 5.91 Å². The molecule has 0 spiro atoms. The lowest BCUT2D eigenvalue weighted by molar-refractivity contribution is 0.0948. The number of benzene rings is 1. The maximum atomic E-state index is 12.1. The van der Waals surface area contributed by atoms with E-state index in [0.717, 1.165) is 25.3 Å². The summed E-state index contributed by atoms with van der Waals surface area (Å²) in [6.07, 6.45) is 7.81. The number of amides is 1. The van der Waals surface area contributed by atoms with Crippen molar-refractivity contribution in [2.45, 2.75) is 32.1 Å². The van der Waals surface area contributed by atoms with Gasteiger partial charge in [-0.2, -0.15) is 0 Å². The molecule has 1 aliphatic rings. The van der Waals surface area contributed by atoms with E-state index in [9.17, 15) is 13.2 Å². The minimum Gasteiger partial charge on any atom is -0.351 e. The first-order valence-corrected chi connectivity index (χ1v) is 10.8. The molecule has 6 nitrogen and oxygen atoms in total. The van der Waals surface area contributed by atoms with Crippen molar-refractivity contribution in [1.29, 1.82) is 0 Å². The van der Waals surface area contributed by atoms with Crippen molar-refractivity contribution in [3.63, 3.8) is 0 Å². The van der Waals surface area contributed by atoms with Crippen LogP contribution in [0, 0.1) is 5.92 Å². The van der Waals surface area contributed by atoms with Gasteiger partial charge in [0.1, 0.15) is 0 Å². The van der Waals surface area contributed by atoms with E-state index in [2.05, 4.69) is 22.0 Å². The third-order valence-electron chi connectivity index (χ3n) is 4.52. The molecule has 25 heavy (non-hydrogen) atoms. The number of hydrogen-bond acceptors (Lipinski definition) is 4. The Bertz CT molecular complexity index is 653. The Morgan fingerprint density at radius 3 is 2.40 bits per heavy atom. The smallest absolute Gasteiger partial charge is 0.251 e. The van der Waals surface area contributed by atoms with Gasteiger partial charge in [0, 0.05) is 30.9 Å². The van der Waals surface area contributed by atoms with Crippen LogP contribution in [-0.2, 0) is 10.0 Å². The molecule has 7 heteroatoms. The molecule has 1 aliphatic carbocycles. The lowest BCUT2D eigenvalue weighted by atomic mass is 9.89. The van der Waals surface area contributed by atoms with Crippen LogP contribution in [0.5, 0.6) is 0 Å². The lowest BCUT2D eigenvalue weighted by Gasteiger charge is -2.27. The first-order chi connectivity index (χ1) is 11.8. The van der Waals surface area contributed by atoms with Gasteiger partial charge >= 0.3 is 0 Å². The van der Waals surface area contributed by atoms with Crippen molar-refractivity contribution in [1.82, 2.24) is 10.2 Å². The summed E-state index contributed by atoms with van der Waals surface area (Å²) in [6.45, 7) is 2.53. The van der Waals surface area contributed by atoms with Gasteiger partial charge in [0.2, 0.25) is 10.0 Å². The molecule has 0 heterocycles. The van der Waals surface area contributed by atoms with E-state index in [-0.39, 0.29) is 5.91 Å². The maximum Gasteiger partial charge on any atom is 0.251 e. The first-order valence-electron chi connectivity index (χ1n) is 8.88. The molecule has 1 aromatic carbocycles. The fourth-order valence-corrected chi connectivity index (χ4v) is 3.83. The minimum atomic E-state index is -3.30. The largest absolute Gasteiger partial charge is 0.351 e. The molecule has 0 aliphatic heterocycles. The van der Waals surface area contributed by atoms with Gasteiger partial charge in [-0.15, -0.1) is 0 Å². The predicted octanol–water partition coefficient (Wildman–Crippen LogP) is 2.30. The number of nitrogens with one attached hydrogen (secondary N) is 2. The summed E-state index contributed by atoms with van der Waals surface area (Å²) in [5.41, 5.74) is 0.972. The molecule has 0 saturated heterocycles. The molecule has 2 N–H and O–H groups in total. The van der Waals surface area contributed by atoms with E-state index >= 15 is 0 Å². The highest BCUT2D eigenvalue weighted by Crippen LogP contribution is 2.23. The van der Waals surface area contributed by atoms with E-state index in [4.69, 9.17) is 0 Å². The van der Waals surface area contributed by atoms with Crippen molar-refractivity contribution in [3.05, 3.63) is 29.8 Å². The zero-order valence-corrected chi connectivity index (χ0v) is 15.9. The summed E-state index contributed by atoms with van der Waals surface area (Å²) in [5.74, 6) is 0.654. The number of rotatable bonds is 8. The van der Waals surface area contributed by atoms with Gasteiger partial charge in [0.05, 0.1) is 6.26 Å². The average Bonchev–Trinajstić information content (AvgIpc) is 2.55. The molecular formula is C18H29N3O3S. The van der Waals surface area contributed by atoms with E-state index < -0.39 is 10.0 Å². The summed E-state index contributed by atoms with van der Waals surface area (Å²) in [5, 5.41) is 2.92. The third-order valence-corrected chi connectivity index (χ3v) is 5.13. The highest BCUT2D eigenvalue weighted by atomic mass is 32.2. The van der Waals surface area contributed by atoms with Gasteiger partial charge in [-0.05, 0) is 50.1 Å². The molecule has 0 atom stereocenters. The average molecular weight is 368 g/mol. The van der Waals surface area contributed by atoms with E-state index in [1.54, 1.807) is 24.3 Å². The van der Waals surface area contributed by atoms with E-state index in [1.807, 2.05) is 0 Å². The third kappa shape index (κ3) is 7.44. The molecule has 1 saturated carbocycles. The molecule has 140 valence electrons. The van der Waals surface area contributed by atoms with Crippen LogP contribution in [0.1, 0.15) is 42.5 Å². The summed E-state index contributed by atoms with van der Waals surface area (Å²) >= 11 is 0. The Morgan fingerprint density at radius 2 is 1.80 bits per heavy atom. The fraction of sp³-hybridized carbons (Fsp3) is 0.611. The SMILES string of the molecule is CN(CCNC(=O)c1ccc(NS(C)(=O)=O)cc1)CC1CCCCC1. The van der Waals surface area contributed by atoms with Crippen molar-refractivity contribution in [3.8, 4) is 0 Å². The quantitative estimate of drug-likeness (QED) is 0.739. The van der Waals surface area contributed by atoms with Crippen LogP contribution >= 0.6 is 0 Å². The van der Waals surface area contributed by atoms with Gasteiger partial charge in [-0.1, -0.05) is 19.3 Å². The standard InChI is InChI=1S/C18H29N3O3S/c1-21(14-15-6-4-3-5-7-15)13-12-19-18(22)16-8-10-17(11-9-16)20-25(2,23)24/h8-11,15,20H,3-7,12-14H2,1-2H3,(H,19,22). The van der Waals surface area contributed by atoms with Crippen molar-refractivity contribution >= 4 is 21.6 Å². The number of anilines is 1. The number of carbonyl (C=O) groups excluding carboxylic acids is 1. The number of carbonyl (C=O) groups is 1. The number of nitrogens with zero attached hydrogens (tertiary/aromatic N) is 1. The lowest BCUT2D eigenvalue weighted by Crippen LogP contribution is -2.35. The highest BCUT2D eigenvalue weighted by molar-refractivity contribution is 7.92. The van der Waals surface area contributed by atoms with Crippen molar-refractivity contribution < 1.29 is 13.2 Å². The predicted molar refractivity (Wildman–Crippen MR) is 101 cm³/mol. The van der Waals surface area contributed by atoms with Gasteiger partial charge in [-0.3, -0.25) is 9.52 Å². The van der Waals surface area contributed by atoms with Crippen LogP contribution in [0.2, 0.25) is 0 Å². The second-order valence-electron chi connectivity index (χ2n) is 6.97. The van der Waals surface area contributed by atoms with Crippen molar-refractivity contribution in [2.24, 2.45) is 5.92 Å². The normalized spacial score (nSPS) is 16.0. The molecule has 1 aromatic rings. The van der Waals surface area contributed by atoms with E-state index in [1.165, 1.54) is 32.1 Å². The molecule has 0 radical (unpaired) electrons. The number of likely N-dealkylation sites (N-methyl/N-ethyl adjacent to an activating group) is 1. The highest BCUT2D eigenvalue weighted by Gasteiger charge is 2.15. The number of sulfonamides is 1. The van der Waals surface area contributed by atoms with Gasteiger partial charge in [-0.25, -0.2) is 8.42 Å². The first kappa shape index (κ1) is 19.7. The Kier molecular flexibility index (Phi) is 7.25. The van der Waals surface area contributed by atoms with Crippen LogP contribution in [0.25, 0.3) is 0 Å². The summed E-state index contributed by atoms with van der Waals surface area (Å²) in [6, 6.07) is 6.42. The molecule has 0 aromatic heterocycles. The molecule has 2 rings (SSSR count). The van der Waals surface area contributed by atoms with Crippen LogP contribution in [-0.4, -0.2) is 52.2 Å². The second-order valence-corrected chi connectivity index (χ2v) is 8.72. The molecule has 1 fully saturated rings. The number of hydrogen-bond donors (Lipinski definition) is 2. The van der Waals surface area contributed by atoms with Crippen molar-refractivity contribution in [2.75, 3.05) is 37.7 Å². The molecule has 0 unspecified atom stereocenters. The van der Waals surface area contributed by atoms with Crippen LogP contribution in [0.3, 0.4) is 0 Å². The van der Waals surface area contributed by atoms with Gasteiger partial charge in [0.15, 0.2) is 0 Å². The Labute approximate surface area is 151 Å². The topological polar surface area (TPSA) is 78.5 Å². The molecular weight excluding hydrogens is 338 g/mol. The van der Waals surface area contributed by atoms with E-state index in [0.29, 0.717) is 17.8 Å². The summed E-state index contributed by atoms with van der Waals surface area (Å²) in [4.78, 5) is 14.4. The van der Waals surface area contributed by atoms with Crippen LogP contribution in [0.15, 0.2) is 24.3 Å². The van der Waals surface area contributed by atoms with Crippen LogP contribution in [0.4, 0.5) is 5.69 Å². The Balaban J connectivity index is 1.72.